The molecule has 0 amide bonds. The van der Waals surface area contributed by atoms with Gasteiger partial charge in [-0.25, -0.2) is 0 Å². The Labute approximate surface area is 167 Å². The lowest BCUT2D eigenvalue weighted by Crippen LogP contribution is -2.46. The zero-order valence-electron chi connectivity index (χ0n) is 16.8. The Hall–Kier alpha value is -1.38. The van der Waals surface area contributed by atoms with E-state index >= 15 is 0 Å². The van der Waals surface area contributed by atoms with Crippen molar-refractivity contribution >= 4 is 0 Å². The average molecular weight is 395 g/mol. The number of rotatable bonds is 9. The first kappa shape index (κ1) is 21.3. The number of methoxy groups -OCH3 is 1. The molecule has 3 rings (SSSR count). The Balaban J connectivity index is 1.58. The van der Waals surface area contributed by atoms with E-state index in [9.17, 15) is 15.3 Å². The minimum Gasteiger partial charge on any atom is -0.497 e. The largest absolute Gasteiger partial charge is 0.497 e. The lowest BCUT2D eigenvalue weighted by molar-refractivity contribution is -0.0607. The van der Waals surface area contributed by atoms with E-state index < -0.39 is 11.7 Å². The summed E-state index contributed by atoms with van der Waals surface area (Å²) in [5.41, 5.74) is 0.0821. The Morgan fingerprint density at radius 1 is 1.11 bits per heavy atom. The van der Waals surface area contributed by atoms with Gasteiger partial charge in [-0.15, -0.1) is 0 Å². The molecule has 1 aromatic rings. The summed E-state index contributed by atoms with van der Waals surface area (Å²) < 4.78 is 11.3. The Kier molecular flexibility index (Phi) is 7.54. The van der Waals surface area contributed by atoms with Crippen LogP contribution in [0.5, 0.6) is 11.5 Å². The first-order chi connectivity index (χ1) is 13.5. The molecule has 28 heavy (non-hydrogen) atoms. The van der Waals surface area contributed by atoms with Gasteiger partial charge in [0.1, 0.15) is 24.2 Å². The van der Waals surface area contributed by atoms with Gasteiger partial charge >= 0.3 is 0 Å². The molecule has 0 aromatic heterocycles. The first-order valence-electron chi connectivity index (χ1n) is 10.3. The van der Waals surface area contributed by atoms with Gasteiger partial charge in [-0.2, -0.15) is 0 Å². The Morgan fingerprint density at radius 2 is 1.82 bits per heavy atom. The standard InChI is InChI=1S/C21H34N2O5/c1-27-19-5-4-17(13-23-10-6-21(26,16-24)7-11-23)20(12-19)28-15-18(25)14-22-8-2-3-9-22/h4-5,12,18,24-26H,2-3,6-11,13-16H2,1H3. The molecule has 0 radical (unpaired) electrons. The third kappa shape index (κ3) is 5.81. The highest BCUT2D eigenvalue weighted by Crippen LogP contribution is 2.29. The molecule has 7 nitrogen and oxygen atoms in total. The highest BCUT2D eigenvalue weighted by Gasteiger charge is 2.31. The molecule has 0 saturated carbocycles. The maximum Gasteiger partial charge on any atom is 0.127 e. The van der Waals surface area contributed by atoms with Gasteiger partial charge in [-0.1, -0.05) is 6.07 Å². The molecule has 2 aliphatic rings. The predicted molar refractivity (Wildman–Crippen MR) is 107 cm³/mol. The van der Waals surface area contributed by atoms with E-state index in [1.807, 2.05) is 18.2 Å². The van der Waals surface area contributed by atoms with Gasteiger partial charge < -0.3 is 29.7 Å². The minimum absolute atomic E-state index is 0.188. The van der Waals surface area contributed by atoms with Crippen LogP contribution in [0.3, 0.4) is 0 Å². The number of benzene rings is 1. The number of β-amino-alcohol motifs (C(OH)–C–C–N with tert-alkyl or cyclic N) is 1. The van der Waals surface area contributed by atoms with Crippen LogP contribution in [0.25, 0.3) is 0 Å². The summed E-state index contributed by atoms with van der Waals surface area (Å²) in [6, 6.07) is 5.77. The summed E-state index contributed by atoms with van der Waals surface area (Å²) in [6.07, 6.45) is 3.00. The summed E-state index contributed by atoms with van der Waals surface area (Å²) in [5.74, 6) is 1.45. The molecule has 2 aliphatic heterocycles. The van der Waals surface area contributed by atoms with E-state index in [2.05, 4.69) is 9.80 Å². The van der Waals surface area contributed by atoms with Crippen LogP contribution in [-0.4, -0.2) is 89.9 Å². The average Bonchev–Trinajstić information content (AvgIpc) is 3.22. The molecule has 3 N–H and O–H groups in total. The Morgan fingerprint density at radius 3 is 2.46 bits per heavy atom. The van der Waals surface area contributed by atoms with Crippen molar-refractivity contribution in [2.24, 2.45) is 0 Å². The van der Waals surface area contributed by atoms with Crippen LogP contribution in [0.2, 0.25) is 0 Å². The number of hydrogen-bond donors (Lipinski definition) is 3. The number of nitrogens with zero attached hydrogens (tertiary/aromatic N) is 2. The molecule has 1 unspecified atom stereocenters. The number of aliphatic hydroxyl groups excluding tert-OH is 2. The van der Waals surface area contributed by atoms with Crippen LogP contribution < -0.4 is 9.47 Å². The van der Waals surface area contributed by atoms with Crippen molar-refractivity contribution in [3.05, 3.63) is 23.8 Å². The zero-order valence-corrected chi connectivity index (χ0v) is 16.8. The van der Waals surface area contributed by atoms with Crippen molar-refractivity contribution in [3.63, 3.8) is 0 Å². The van der Waals surface area contributed by atoms with E-state index in [1.165, 1.54) is 12.8 Å². The highest BCUT2D eigenvalue weighted by molar-refractivity contribution is 5.40. The van der Waals surface area contributed by atoms with Crippen molar-refractivity contribution in [1.82, 2.24) is 9.80 Å². The van der Waals surface area contributed by atoms with Gasteiger partial charge in [0, 0.05) is 37.8 Å². The number of ether oxygens (including phenoxy) is 2. The van der Waals surface area contributed by atoms with E-state index in [1.54, 1.807) is 7.11 Å². The molecule has 2 heterocycles. The molecule has 1 aromatic carbocycles. The summed E-state index contributed by atoms with van der Waals surface area (Å²) in [5, 5.41) is 29.9. The molecule has 0 bridgehead atoms. The SMILES string of the molecule is COc1ccc(CN2CCC(O)(CO)CC2)c(OCC(O)CN2CCCC2)c1. The van der Waals surface area contributed by atoms with E-state index in [0.29, 0.717) is 25.9 Å². The normalized spacial score (nSPS) is 21.6. The van der Waals surface area contributed by atoms with Crippen molar-refractivity contribution < 1.29 is 24.8 Å². The van der Waals surface area contributed by atoms with E-state index in [-0.39, 0.29) is 13.2 Å². The molecule has 0 spiro atoms. The molecule has 2 fully saturated rings. The van der Waals surface area contributed by atoms with Crippen LogP contribution in [0.15, 0.2) is 18.2 Å². The minimum atomic E-state index is -0.949. The molecule has 1 atom stereocenters. The lowest BCUT2D eigenvalue weighted by atomic mass is 9.92. The van der Waals surface area contributed by atoms with Crippen molar-refractivity contribution in [1.29, 1.82) is 0 Å². The third-order valence-corrected chi connectivity index (χ3v) is 5.85. The number of hydrogen-bond acceptors (Lipinski definition) is 7. The molecule has 7 heteroatoms. The Bertz CT molecular complexity index is 613. The van der Waals surface area contributed by atoms with Gasteiger partial charge in [0.15, 0.2) is 0 Å². The van der Waals surface area contributed by atoms with E-state index in [0.717, 1.165) is 43.2 Å². The number of piperidine rings is 1. The second-order valence-electron chi connectivity index (χ2n) is 8.10. The van der Waals surface area contributed by atoms with Crippen LogP contribution in [-0.2, 0) is 6.54 Å². The maximum absolute atomic E-state index is 10.3. The van der Waals surface area contributed by atoms with Crippen LogP contribution in [0, 0.1) is 0 Å². The smallest absolute Gasteiger partial charge is 0.127 e. The predicted octanol–water partition coefficient (Wildman–Crippen LogP) is 0.850. The van der Waals surface area contributed by atoms with Gasteiger partial charge in [-0.3, -0.25) is 4.90 Å². The zero-order chi connectivity index (χ0) is 20.0. The summed E-state index contributed by atoms with van der Waals surface area (Å²) >= 11 is 0. The summed E-state index contributed by atoms with van der Waals surface area (Å²) in [6.45, 7) is 4.95. The number of aliphatic hydroxyl groups is 3. The van der Waals surface area contributed by atoms with Gasteiger partial charge in [-0.05, 0) is 44.8 Å². The molecular weight excluding hydrogens is 360 g/mol. The quantitative estimate of drug-likeness (QED) is 0.572. The molecular formula is C21H34N2O5. The lowest BCUT2D eigenvalue weighted by Gasteiger charge is -2.37. The van der Waals surface area contributed by atoms with Gasteiger partial charge in [0.05, 0.1) is 19.3 Å². The third-order valence-electron chi connectivity index (χ3n) is 5.85. The fraction of sp³-hybridized carbons (Fsp3) is 0.714. The topological polar surface area (TPSA) is 85.6 Å². The monoisotopic (exact) mass is 394 g/mol. The first-order valence-corrected chi connectivity index (χ1v) is 10.3. The highest BCUT2D eigenvalue weighted by atomic mass is 16.5. The van der Waals surface area contributed by atoms with E-state index in [4.69, 9.17) is 9.47 Å². The van der Waals surface area contributed by atoms with Crippen LogP contribution in [0.4, 0.5) is 0 Å². The van der Waals surface area contributed by atoms with Gasteiger partial charge in [0.25, 0.3) is 0 Å². The van der Waals surface area contributed by atoms with Crippen LogP contribution in [0.1, 0.15) is 31.2 Å². The van der Waals surface area contributed by atoms with Crippen molar-refractivity contribution in [3.8, 4) is 11.5 Å². The molecule has 158 valence electrons. The maximum atomic E-state index is 10.3. The molecule has 2 saturated heterocycles. The van der Waals surface area contributed by atoms with Crippen molar-refractivity contribution in [2.45, 2.75) is 43.9 Å². The van der Waals surface area contributed by atoms with Crippen LogP contribution >= 0.6 is 0 Å². The fourth-order valence-corrected chi connectivity index (χ4v) is 3.96. The van der Waals surface area contributed by atoms with Crippen molar-refractivity contribution in [2.75, 3.05) is 53.0 Å². The second-order valence-corrected chi connectivity index (χ2v) is 8.10. The second kappa shape index (κ2) is 9.89. The van der Waals surface area contributed by atoms with Gasteiger partial charge in [0.2, 0.25) is 0 Å². The summed E-state index contributed by atoms with van der Waals surface area (Å²) in [4.78, 5) is 4.52. The fourth-order valence-electron chi connectivity index (χ4n) is 3.96. The molecule has 0 aliphatic carbocycles. The number of likely N-dealkylation sites (tertiary alicyclic amines) is 2. The summed E-state index contributed by atoms with van der Waals surface area (Å²) in [7, 11) is 1.63.